The van der Waals surface area contributed by atoms with Crippen molar-refractivity contribution in [3.63, 3.8) is 0 Å². The maximum absolute atomic E-state index is 12.9. The molecule has 2 N–H and O–H groups in total. The highest BCUT2D eigenvalue weighted by molar-refractivity contribution is 5.91. The molecule has 3 heterocycles. The molecule has 8 heteroatoms. The number of piperidine rings is 1. The van der Waals surface area contributed by atoms with Gasteiger partial charge in [0.1, 0.15) is 11.5 Å². The molecule has 1 aromatic carbocycles. The quantitative estimate of drug-likeness (QED) is 0.628. The minimum atomic E-state index is -0.274. The highest BCUT2D eigenvalue weighted by Gasteiger charge is 2.29. The summed E-state index contributed by atoms with van der Waals surface area (Å²) in [6.45, 7) is 1.16. The molecule has 1 saturated heterocycles. The second-order valence-electron chi connectivity index (χ2n) is 7.19. The van der Waals surface area contributed by atoms with Crippen LogP contribution in [0.1, 0.15) is 54.5 Å². The summed E-state index contributed by atoms with van der Waals surface area (Å²) in [5.74, 6) is 0.683. The second kappa shape index (κ2) is 8.81. The van der Waals surface area contributed by atoms with Gasteiger partial charge in [-0.15, -0.1) is 0 Å². The number of nitrogens with zero attached hydrogens (tertiary/aromatic N) is 4. The Labute approximate surface area is 168 Å². The zero-order valence-corrected chi connectivity index (χ0v) is 16.2. The van der Waals surface area contributed by atoms with Gasteiger partial charge in [0.15, 0.2) is 0 Å². The number of benzene rings is 1. The molecule has 2 amide bonds. The van der Waals surface area contributed by atoms with Crippen LogP contribution in [0.25, 0.3) is 11.0 Å². The fourth-order valence-corrected chi connectivity index (χ4v) is 3.74. The maximum atomic E-state index is 12.9. The van der Waals surface area contributed by atoms with E-state index < -0.39 is 0 Å². The van der Waals surface area contributed by atoms with E-state index in [0.29, 0.717) is 19.4 Å². The topological polar surface area (TPSA) is 104 Å². The van der Waals surface area contributed by atoms with Gasteiger partial charge in [-0.25, -0.2) is 9.97 Å². The number of amides is 2. The van der Waals surface area contributed by atoms with Crippen LogP contribution in [0.5, 0.6) is 0 Å². The Balaban J connectivity index is 1.33. The summed E-state index contributed by atoms with van der Waals surface area (Å²) in [6.07, 6.45) is 8.39. The van der Waals surface area contributed by atoms with Gasteiger partial charge in [-0.2, -0.15) is 0 Å². The van der Waals surface area contributed by atoms with E-state index in [2.05, 4.69) is 20.3 Å². The Morgan fingerprint density at radius 1 is 1.21 bits per heavy atom. The SMILES string of the molecule is O=C(NCCCC(=O)N1CCCCC1c1nc2ccccc2[nH]1)c1cnccn1. The first-order chi connectivity index (χ1) is 14.2. The normalized spacial score (nSPS) is 16.7. The number of nitrogens with one attached hydrogen (secondary N) is 2. The number of carbonyl (C=O) groups is 2. The van der Waals surface area contributed by atoms with Crippen LogP contribution in [0.4, 0.5) is 0 Å². The smallest absolute Gasteiger partial charge is 0.271 e. The lowest BCUT2D eigenvalue weighted by atomic mass is 10.0. The Bertz CT molecular complexity index is 954. The summed E-state index contributed by atoms with van der Waals surface area (Å²) in [5, 5.41) is 2.79. The first-order valence-corrected chi connectivity index (χ1v) is 10.0. The van der Waals surface area contributed by atoms with Gasteiger partial charge in [-0.05, 0) is 37.8 Å². The van der Waals surface area contributed by atoms with Gasteiger partial charge >= 0.3 is 0 Å². The Kier molecular flexibility index (Phi) is 5.79. The molecular formula is C21H24N6O2. The van der Waals surface area contributed by atoms with Gasteiger partial charge in [0, 0.05) is 31.9 Å². The van der Waals surface area contributed by atoms with E-state index >= 15 is 0 Å². The van der Waals surface area contributed by atoms with Crippen molar-refractivity contribution in [1.82, 2.24) is 30.2 Å². The van der Waals surface area contributed by atoms with Crippen LogP contribution in [0.3, 0.4) is 0 Å². The van der Waals surface area contributed by atoms with Crippen molar-refractivity contribution in [3.8, 4) is 0 Å². The minimum absolute atomic E-state index is 0.0159. The fraction of sp³-hybridized carbons (Fsp3) is 0.381. The summed E-state index contributed by atoms with van der Waals surface area (Å²) in [7, 11) is 0. The summed E-state index contributed by atoms with van der Waals surface area (Å²) in [5.41, 5.74) is 2.19. The number of aromatic nitrogens is 4. The summed E-state index contributed by atoms with van der Waals surface area (Å²) >= 11 is 0. The zero-order chi connectivity index (χ0) is 20.1. The number of H-pyrrole nitrogens is 1. The van der Waals surface area contributed by atoms with Gasteiger partial charge in [-0.1, -0.05) is 12.1 Å². The number of para-hydroxylation sites is 2. The number of rotatable bonds is 6. The Morgan fingerprint density at radius 2 is 2.10 bits per heavy atom. The molecule has 0 spiro atoms. The third-order valence-electron chi connectivity index (χ3n) is 5.20. The monoisotopic (exact) mass is 392 g/mol. The third kappa shape index (κ3) is 4.42. The fourth-order valence-electron chi connectivity index (χ4n) is 3.74. The third-order valence-corrected chi connectivity index (χ3v) is 5.20. The van der Waals surface area contributed by atoms with Crippen LogP contribution in [0.15, 0.2) is 42.9 Å². The van der Waals surface area contributed by atoms with Crippen LogP contribution in [-0.4, -0.2) is 49.7 Å². The molecule has 4 rings (SSSR count). The lowest BCUT2D eigenvalue weighted by molar-refractivity contribution is -0.135. The maximum Gasteiger partial charge on any atom is 0.271 e. The van der Waals surface area contributed by atoms with Crippen LogP contribution in [0.2, 0.25) is 0 Å². The number of imidazole rings is 1. The molecule has 3 aromatic rings. The summed E-state index contributed by atoms with van der Waals surface area (Å²) < 4.78 is 0. The molecule has 1 aliphatic rings. The molecule has 0 radical (unpaired) electrons. The number of likely N-dealkylation sites (tertiary alicyclic amines) is 1. The largest absolute Gasteiger partial charge is 0.351 e. The van der Waals surface area contributed by atoms with Crippen LogP contribution in [0, 0.1) is 0 Å². The number of hydrogen-bond acceptors (Lipinski definition) is 5. The summed E-state index contributed by atoms with van der Waals surface area (Å²) in [4.78, 5) is 42.7. The highest BCUT2D eigenvalue weighted by atomic mass is 16.2. The van der Waals surface area contributed by atoms with E-state index in [1.54, 1.807) is 0 Å². The van der Waals surface area contributed by atoms with Crippen LogP contribution < -0.4 is 5.32 Å². The average Bonchev–Trinajstić information content (AvgIpc) is 3.21. The van der Waals surface area contributed by atoms with Crippen molar-refractivity contribution < 1.29 is 9.59 Å². The molecule has 1 aliphatic heterocycles. The van der Waals surface area contributed by atoms with Crippen molar-refractivity contribution in [1.29, 1.82) is 0 Å². The van der Waals surface area contributed by atoms with Gasteiger partial charge < -0.3 is 15.2 Å². The first kappa shape index (κ1) is 19.0. The van der Waals surface area contributed by atoms with E-state index in [-0.39, 0.29) is 23.6 Å². The average molecular weight is 392 g/mol. The number of aromatic amines is 1. The van der Waals surface area contributed by atoms with Gasteiger partial charge in [0.05, 0.1) is 23.3 Å². The number of fused-ring (bicyclic) bond motifs is 1. The molecule has 0 aliphatic carbocycles. The van der Waals surface area contributed by atoms with Crippen molar-refractivity contribution >= 4 is 22.8 Å². The lowest BCUT2D eigenvalue weighted by Gasteiger charge is -2.34. The molecule has 150 valence electrons. The van der Waals surface area contributed by atoms with Crippen LogP contribution in [-0.2, 0) is 4.79 Å². The molecule has 1 atom stereocenters. The van der Waals surface area contributed by atoms with Gasteiger partial charge in [0.25, 0.3) is 5.91 Å². The number of hydrogen-bond donors (Lipinski definition) is 2. The van der Waals surface area contributed by atoms with Crippen molar-refractivity contribution in [2.75, 3.05) is 13.1 Å². The van der Waals surface area contributed by atoms with Crippen molar-refractivity contribution in [2.45, 2.75) is 38.1 Å². The van der Waals surface area contributed by atoms with Crippen LogP contribution >= 0.6 is 0 Å². The molecule has 0 bridgehead atoms. The molecule has 0 saturated carbocycles. The highest BCUT2D eigenvalue weighted by Crippen LogP contribution is 2.31. The molecule has 8 nitrogen and oxygen atoms in total. The standard InChI is InChI=1S/C21H24N6O2/c28-19(9-5-10-24-21(29)17-14-22-11-12-23-17)27-13-4-3-8-18(27)20-25-15-6-1-2-7-16(15)26-20/h1-2,6-7,11-12,14,18H,3-5,8-10,13H2,(H,24,29)(H,25,26). The van der Waals surface area contributed by atoms with Gasteiger partial charge in [-0.3, -0.25) is 14.6 Å². The van der Waals surface area contributed by atoms with Crippen molar-refractivity contribution in [2.24, 2.45) is 0 Å². The second-order valence-corrected chi connectivity index (χ2v) is 7.19. The Morgan fingerprint density at radius 3 is 2.93 bits per heavy atom. The molecular weight excluding hydrogens is 368 g/mol. The predicted molar refractivity (Wildman–Crippen MR) is 108 cm³/mol. The molecule has 29 heavy (non-hydrogen) atoms. The lowest BCUT2D eigenvalue weighted by Crippen LogP contribution is -2.39. The molecule has 2 aromatic heterocycles. The zero-order valence-electron chi connectivity index (χ0n) is 16.2. The summed E-state index contributed by atoms with van der Waals surface area (Å²) in [6, 6.07) is 7.90. The predicted octanol–water partition coefficient (Wildman–Crippen LogP) is 2.62. The molecule has 1 unspecified atom stereocenters. The first-order valence-electron chi connectivity index (χ1n) is 10.0. The van der Waals surface area contributed by atoms with Gasteiger partial charge in [0.2, 0.25) is 5.91 Å². The Hall–Kier alpha value is -3.29. The number of carbonyl (C=O) groups excluding carboxylic acids is 2. The minimum Gasteiger partial charge on any atom is -0.351 e. The van der Waals surface area contributed by atoms with E-state index in [9.17, 15) is 9.59 Å². The van der Waals surface area contributed by atoms with Crippen molar-refractivity contribution in [3.05, 3.63) is 54.4 Å². The van der Waals surface area contributed by atoms with E-state index in [4.69, 9.17) is 4.98 Å². The van der Waals surface area contributed by atoms with E-state index in [0.717, 1.165) is 42.7 Å². The molecule has 1 fully saturated rings. The van der Waals surface area contributed by atoms with E-state index in [1.165, 1.54) is 18.6 Å². The van der Waals surface area contributed by atoms with E-state index in [1.807, 2.05) is 29.2 Å².